The lowest BCUT2D eigenvalue weighted by Crippen LogP contribution is -2.08. The molecule has 0 aliphatic rings. The monoisotopic (exact) mass is 127 g/mol. The summed E-state index contributed by atoms with van der Waals surface area (Å²) in [4.78, 5) is 0. The summed E-state index contributed by atoms with van der Waals surface area (Å²) in [5.74, 6) is 0. The maximum Gasteiger partial charge on any atom is -0.0534 e. The molecule has 0 heterocycles. The summed E-state index contributed by atoms with van der Waals surface area (Å²) in [5.41, 5.74) is 0.538. The van der Waals surface area contributed by atoms with Gasteiger partial charge >= 0.3 is 0 Å². The average molecular weight is 127 g/mol. The van der Waals surface area contributed by atoms with Crippen molar-refractivity contribution < 1.29 is 0 Å². The van der Waals surface area contributed by atoms with Crippen LogP contribution in [0.4, 0.5) is 0 Å². The number of rotatable bonds is 4. The molecule has 56 valence electrons. The molecule has 0 aliphatic heterocycles. The van der Waals surface area contributed by atoms with E-state index in [1.165, 1.54) is 19.3 Å². The summed E-state index contributed by atoms with van der Waals surface area (Å²) < 4.78 is 0. The Hall–Kier alpha value is 0. The molecule has 0 aliphatic carbocycles. The van der Waals surface area contributed by atoms with Crippen LogP contribution in [-0.2, 0) is 0 Å². The van der Waals surface area contributed by atoms with E-state index in [9.17, 15) is 0 Å². The SMILES string of the molecule is CC[CH-]CC(C)(C)CC. The van der Waals surface area contributed by atoms with Gasteiger partial charge < -0.3 is 6.42 Å². The minimum absolute atomic E-state index is 0.538. The summed E-state index contributed by atoms with van der Waals surface area (Å²) in [6.07, 6.45) is 6.12. The lowest BCUT2D eigenvalue weighted by Gasteiger charge is -2.27. The van der Waals surface area contributed by atoms with Crippen molar-refractivity contribution in [3.8, 4) is 0 Å². The summed E-state index contributed by atoms with van der Waals surface area (Å²) in [5, 5.41) is 0. The van der Waals surface area contributed by atoms with Crippen LogP contribution < -0.4 is 0 Å². The van der Waals surface area contributed by atoms with E-state index in [1.54, 1.807) is 0 Å². The van der Waals surface area contributed by atoms with Crippen molar-refractivity contribution >= 4 is 0 Å². The minimum atomic E-state index is 0.538. The number of hydrogen-bond donors (Lipinski definition) is 0. The average Bonchev–Trinajstić information content (AvgIpc) is 1.84. The molecule has 0 fully saturated rings. The first-order valence-corrected chi connectivity index (χ1v) is 3.94. The highest BCUT2D eigenvalue weighted by Crippen LogP contribution is 2.25. The second kappa shape index (κ2) is 3.92. The zero-order chi connectivity index (χ0) is 7.33. The van der Waals surface area contributed by atoms with Gasteiger partial charge in [-0.1, -0.05) is 39.5 Å². The van der Waals surface area contributed by atoms with Gasteiger partial charge in [0.05, 0.1) is 0 Å². The second-order valence-electron chi connectivity index (χ2n) is 3.42. The second-order valence-corrected chi connectivity index (χ2v) is 3.42. The van der Waals surface area contributed by atoms with Crippen LogP contribution in [0.15, 0.2) is 0 Å². The molecule has 0 amide bonds. The molecule has 0 saturated heterocycles. The van der Waals surface area contributed by atoms with Gasteiger partial charge in [-0.05, 0) is 0 Å². The summed E-state index contributed by atoms with van der Waals surface area (Å²) in [7, 11) is 0. The first-order chi connectivity index (χ1) is 4.12. The smallest absolute Gasteiger partial charge is 0.0534 e. The van der Waals surface area contributed by atoms with E-state index in [-0.39, 0.29) is 0 Å². The van der Waals surface area contributed by atoms with Crippen LogP contribution in [0.1, 0.15) is 47.0 Å². The molecule has 0 saturated carbocycles. The van der Waals surface area contributed by atoms with Crippen molar-refractivity contribution in [2.24, 2.45) is 5.41 Å². The molecule has 0 heteroatoms. The van der Waals surface area contributed by atoms with Gasteiger partial charge in [-0.2, -0.15) is 12.8 Å². The molecule has 0 bridgehead atoms. The van der Waals surface area contributed by atoms with Gasteiger partial charge in [-0.15, -0.1) is 0 Å². The third-order valence-corrected chi connectivity index (χ3v) is 1.94. The fourth-order valence-corrected chi connectivity index (χ4v) is 0.679. The zero-order valence-corrected chi connectivity index (χ0v) is 7.20. The Kier molecular flexibility index (Phi) is 3.92. The molecule has 0 spiro atoms. The Morgan fingerprint density at radius 3 is 2.11 bits per heavy atom. The Labute approximate surface area is 59.7 Å². The molecule has 0 radical (unpaired) electrons. The van der Waals surface area contributed by atoms with E-state index in [1.807, 2.05) is 0 Å². The van der Waals surface area contributed by atoms with Gasteiger partial charge in [-0.3, -0.25) is 0 Å². The first-order valence-electron chi connectivity index (χ1n) is 3.94. The molecule has 0 aromatic rings. The van der Waals surface area contributed by atoms with E-state index < -0.39 is 0 Å². The van der Waals surface area contributed by atoms with E-state index in [4.69, 9.17) is 0 Å². The molecule has 0 N–H and O–H groups in total. The van der Waals surface area contributed by atoms with Gasteiger partial charge in [0.1, 0.15) is 0 Å². The number of hydrogen-bond acceptors (Lipinski definition) is 0. The molecule has 0 aromatic carbocycles. The Morgan fingerprint density at radius 2 is 1.78 bits per heavy atom. The van der Waals surface area contributed by atoms with Crippen LogP contribution in [0.25, 0.3) is 0 Å². The van der Waals surface area contributed by atoms with Crippen molar-refractivity contribution in [2.75, 3.05) is 0 Å². The van der Waals surface area contributed by atoms with Crippen LogP contribution in [0, 0.1) is 11.8 Å². The molecular weight excluding hydrogens is 108 g/mol. The molecule has 0 aromatic heterocycles. The summed E-state index contributed by atoms with van der Waals surface area (Å²) in [6, 6.07) is 0. The maximum atomic E-state index is 2.36. The van der Waals surface area contributed by atoms with Gasteiger partial charge in [0.25, 0.3) is 0 Å². The molecule has 0 atom stereocenters. The van der Waals surface area contributed by atoms with E-state index in [2.05, 4.69) is 34.1 Å². The highest BCUT2D eigenvalue weighted by molar-refractivity contribution is 4.74. The third kappa shape index (κ3) is 4.50. The fraction of sp³-hybridized carbons (Fsp3) is 0.889. The highest BCUT2D eigenvalue weighted by Gasteiger charge is 2.07. The maximum absolute atomic E-state index is 2.36. The fourth-order valence-electron chi connectivity index (χ4n) is 0.679. The predicted molar refractivity (Wildman–Crippen MR) is 43.3 cm³/mol. The van der Waals surface area contributed by atoms with E-state index >= 15 is 0 Å². The van der Waals surface area contributed by atoms with Crippen molar-refractivity contribution in [3.05, 3.63) is 6.42 Å². The van der Waals surface area contributed by atoms with Crippen molar-refractivity contribution in [1.29, 1.82) is 0 Å². The largest absolute Gasteiger partial charge is 0.328 e. The van der Waals surface area contributed by atoms with Crippen LogP contribution in [0.5, 0.6) is 0 Å². The molecule has 9 heavy (non-hydrogen) atoms. The summed E-state index contributed by atoms with van der Waals surface area (Å²) in [6.45, 7) is 9.09. The summed E-state index contributed by atoms with van der Waals surface area (Å²) >= 11 is 0. The van der Waals surface area contributed by atoms with Crippen molar-refractivity contribution in [2.45, 2.75) is 47.0 Å². The van der Waals surface area contributed by atoms with Gasteiger partial charge in [0.2, 0.25) is 0 Å². The minimum Gasteiger partial charge on any atom is -0.328 e. The van der Waals surface area contributed by atoms with Crippen LogP contribution in [0.2, 0.25) is 0 Å². The van der Waals surface area contributed by atoms with Crippen LogP contribution in [-0.4, -0.2) is 0 Å². The van der Waals surface area contributed by atoms with Crippen LogP contribution in [0.3, 0.4) is 0 Å². The van der Waals surface area contributed by atoms with Crippen molar-refractivity contribution in [1.82, 2.24) is 0 Å². The third-order valence-electron chi connectivity index (χ3n) is 1.94. The predicted octanol–water partition coefficient (Wildman–Crippen LogP) is 3.43. The molecule has 0 unspecified atom stereocenters. The first kappa shape index (κ1) is 9.00. The van der Waals surface area contributed by atoms with Crippen LogP contribution >= 0.6 is 0 Å². The number of unbranched alkanes of at least 4 members (excludes halogenated alkanes) is 1. The molecular formula is C9H19-. The van der Waals surface area contributed by atoms with Gasteiger partial charge in [-0.25, -0.2) is 0 Å². The quantitative estimate of drug-likeness (QED) is 0.507. The Morgan fingerprint density at radius 1 is 1.22 bits per heavy atom. The Bertz CT molecular complexity index is 62.4. The topological polar surface area (TPSA) is 0 Å². The highest BCUT2D eigenvalue weighted by atomic mass is 14.2. The van der Waals surface area contributed by atoms with E-state index in [0.29, 0.717) is 5.41 Å². The Balaban J connectivity index is 3.33. The normalized spacial score (nSPS) is 12.0. The lowest BCUT2D eigenvalue weighted by molar-refractivity contribution is 0.343. The zero-order valence-electron chi connectivity index (χ0n) is 7.20. The molecule has 0 rings (SSSR count). The standard InChI is InChI=1S/C9H19/c1-5-7-8-9(3,4)6-2/h7H,5-6,8H2,1-4H3/q-1. The van der Waals surface area contributed by atoms with Gasteiger partial charge in [0, 0.05) is 0 Å². The van der Waals surface area contributed by atoms with Crippen molar-refractivity contribution in [3.63, 3.8) is 0 Å². The molecule has 0 nitrogen and oxygen atoms in total. The van der Waals surface area contributed by atoms with E-state index in [0.717, 1.165) is 0 Å². The van der Waals surface area contributed by atoms with Gasteiger partial charge in [0.15, 0.2) is 0 Å². The lowest BCUT2D eigenvalue weighted by atomic mass is 9.85.